The van der Waals surface area contributed by atoms with Crippen molar-refractivity contribution >= 4 is 24.1 Å². The second-order valence-electron chi connectivity index (χ2n) is 8.99. The number of amides is 1. The second kappa shape index (κ2) is 9.02. The van der Waals surface area contributed by atoms with Crippen molar-refractivity contribution in [1.82, 2.24) is 24.2 Å². The molecule has 5 rings (SSSR count). The first-order valence-corrected chi connectivity index (χ1v) is 11.7. The van der Waals surface area contributed by atoms with Crippen molar-refractivity contribution < 1.29 is 9.18 Å². The highest BCUT2D eigenvalue weighted by Gasteiger charge is 2.32. The van der Waals surface area contributed by atoms with Crippen LogP contribution in [-0.2, 0) is 0 Å². The largest absolute Gasteiger partial charge is 0.355 e. The predicted molar refractivity (Wildman–Crippen MR) is 129 cm³/mol. The minimum Gasteiger partial charge on any atom is -0.355 e. The molecule has 1 unspecified atom stereocenters. The van der Waals surface area contributed by atoms with Gasteiger partial charge < -0.3 is 15.5 Å². The summed E-state index contributed by atoms with van der Waals surface area (Å²) in [5, 5.41) is 5.72. The number of aromatic nitrogens is 2. The van der Waals surface area contributed by atoms with E-state index in [0.29, 0.717) is 18.0 Å². The van der Waals surface area contributed by atoms with Gasteiger partial charge in [0.05, 0.1) is 6.04 Å². The zero-order chi connectivity index (χ0) is 23.8. The fourth-order valence-electron chi connectivity index (χ4n) is 4.87. The number of piperidine rings is 1. The molecule has 0 saturated carbocycles. The lowest BCUT2D eigenvalue weighted by molar-refractivity contribution is 0.0651. The molecule has 2 atom stereocenters. The summed E-state index contributed by atoms with van der Waals surface area (Å²) in [6, 6.07) is 5.02. The Morgan fingerprint density at radius 2 is 2.15 bits per heavy atom. The van der Waals surface area contributed by atoms with Crippen LogP contribution in [-0.4, -0.2) is 74.4 Å². The number of rotatable bonds is 3. The van der Waals surface area contributed by atoms with Gasteiger partial charge in [-0.2, -0.15) is 9.49 Å². The monoisotopic (exact) mass is 464 g/mol. The Morgan fingerprint density at radius 1 is 1.29 bits per heavy atom. The van der Waals surface area contributed by atoms with Crippen LogP contribution in [0, 0.1) is 5.95 Å². The maximum Gasteiger partial charge on any atom is 0.277 e. The van der Waals surface area contributed by atoms with Crippen LogP contribution in [0.25, 0.3) is 5.65 Å². The Balaban J connectivity index is 1.47. The van der Waals surface area contributed by atoms with Crippen LogP contribution in [0.15, 0.2) is 58.2 Å². The molecule has 3 aliphatic heterocycles. The molecule has 34 heavy (non-hydrogen) atoms. The smallest absolute Gasteiger partial charge is 0.277 e. The van der Waals surface area contributed by atoms with Crippen molar-refractivity contribution in [1.29, 1.82) is 0 Å². The van der Waals surface area contributed by atoms with Crippen molar-refractivity contribution in [3.8, 4) is 0 Å². The summed E-state index contributed by atoms with van der Waals surface area (Å²) in [5.74, 6) is 0.391. The van der Waals surface area contributed by atoms with E-state index in [2.05, 4.69) is 21.7 Å². The number of carbonyl (C=O) groups is 1. The maximum absolute atomic E-state index is 15.0. The minimum absolute atomic E-state index is 0.130. The lowest BCUT2D eigenvalue weighted by atomic mass is 10.0. The topological polar surface area (TPSA) is 94.8 Å². The van der Waals surface area contributed by atoms with Crippen molar-refractivity contribution in [2.24, 2.45) is 15.8 Å². The Kier molecular flexibility index (Phi) is 5.91. The number of halogens is 1. The Hall–Kier alpha value is -3.53. The van der Waals surface area contributed by atoms with E-state index >= 15 is 0 Å². The number of nitrogens with zero attached hydrogens (tertiary/aromatic N) is 7. The number of hydrogen-bond donors (Lipinski definition) is 1. The summed E-state index contributed by atoms with van der Waals surface area (Å²) in [4.78, 5) is 26.4. The highest BCUT2D eigenvalue weighted by molar-refractivity contribution is 5.99. The number of carbonyl (C=O) groups excluding carboxylic acids is 1. The van der Waals surface area contributed by atoms with Gasteiger partial charge in [0.2, 0.25) is 5.95 Å². The van der Waals surface area contributed by atoms with Gasteiger partial charge in [0.15, 0.2) is 11.5 Å². The summed E-state index contributed by atoms with van der Waals surface area (Å²) in [5.41, 5.74) is 7.33. The first-order valence-electron chi connectivity index (χ1n) is 11.7. The summed E-state index contributed by atoms with van der Waals surface area (Å²) in [6.07, 6.45) is 8.86. The Morgan fingerprint density at radius 3 is 2.88 bits per heavy atom. The molecule has 1 amide bonds. The number of aliphatic imine (C=N–C) groups is 1. The van der Waals surface area contributed by atoms with E-state index in [1.165, 1.54) is 4.40 Å². The molecule has 0 aromatic carbocycles. The molecule has 2 saturated heterocycles. The van der Waals surface area contributed by atoms with Crippen LogP contribution in [0.1, 0.15) is 43.1 Å². The fourth-order valence-corrected chi connectivity index (χ4v) is 4.87. The van der Waals surface area contributed by atoms with Gasteiger partial charge in [0.25, 0.3) is 5.91 Å². The van der Waals surface area contributed by atoms with Crippen LogP contribution in [0.2, 0.25) is 0 Å². The van der Waals surface area contributed by atoms with Gasteiger partial charge in [-0.05, 0) is 50.8 Å². The van der Waals surface area contributed by atoms with E-state index in [1.54, 1.807) is 34.3 Å². The molecule has 10 heteroatoms. The van der Waals surface area contributed by atoms with Gasteiger partial charge in [-0.3, -0.25) is 9.20 Å². The molecule has 5 heterocycles. The summed E-state index contributed by atoms with van der Waals surface area (Å²) in [7, 11) is 0. The molecule has 0 radical (unpaired) electrons. The van der Waals surface area contributed by atoms with Gasteiger partial charge in [0, 0.05) is 50.4 Å². The van der Waals surface area contributed by atoms with Crippen LogP contribution in [0.5, 0.6) is 0 Å². The van der Waals surface area contributed by atoms with Crippen LogP contribution >= 0.6 is 0 Å². The van der Waals surface area contributed by atoms with E-state index in [4.69, 9.17) is 10.7 Å². The average molecular weight is 465 g/mol. The van der Waals surface area contributed by atoms with Gasteiger partial charge in [-0.25, -0.2) is 15.0 Å². The first kappa shape index (κ1) is 22.3. The van der Waals surface area contributed by atoms with Crippen molar-refractivity contribution in [2.75, 3.05) is 19.6 Å². The van der Waals surface area contributed by atoms with E-state index in [0.717, 1.165) is 50.2 Å². The molecular formula is C24H29FN8O. The quantitative estimate of drug-likeness (QED) is 0.705. The molecule has 2 aromatic heterocycles. The molecule has 178 valence electrons. The van der Waals surface area contributed by atoms with Crippen LogP contribution in [0.4, 0.5) is 4.39 Å². The van der Waals surface area contributed by atoms with Crippen molar-refractivity contribution in [3.05, 3.63) is 59.7 Å². The number of hydrazone groups is 1. The normalized spacial score (nSPS) is 24.6. The minimum atomic E-state index is -0.645. The number of pyridine rings is 1. The van der Waals surface area contributed by atoms with Crippen molar-refractivity contribution in [2.45, 2.75) is 44.7 Å². The molecule has 2 N–H and O–H groups in total. The molecule has 2 aromatic rings. The van der Waals surface area contributed by atoms with Gasteiger partial charge in [0.1, 0.15) is 11.5 Å². The SMILES string of the molecule is C=NN1C=C(C)C(N2CC[C@H](N)C2)=N/C1=C/C1CCCCN1C(=O)c1nc2ccccn2c1F. The third kappa shape index (κ3) is 3.98. The first-order chi connectivity index (χ1) is 16.5. The van der Waals surface area contributed by atoms with E-state index in [1.807, 2.05) is 19.2 Å². The second-order valence-corrected chi connectivity index (χ2v) is 8.99. The molecule has 2 fully saturated rings. The Labute approximate surface area is 197 Å². The molecule has 0 bridgehead atoms. The van der Waals surface area contributed by atoms with E-state index < -0.39 is 11.9 Å². The fraction of sp³-hybridized carbons (Fsp3) is 0.417. The molecule has 0 aliphatic carbocycles. The zero-order valence-corrected chi connectivity index (χ0v) is 19.3. The van der Waals surface area contributed by atoms with E-state index in [9.17, 15) is 9.18 Å². The molecule has 9 nitrogen and oxygen atoms in total. The Bertz CT molecular complexity index is 1210. The number of hydrogen-bond acceptors (Lipinski definition) is 7. The lowest BCUT2D eigenvalue weighted by Gasteiger charge is -2.35. The zero-order valence-electron chi connectivity index (χ0n) is 19.3. The van der Waals surface area contributed by atoms with Crippen LogP contribution < -0.4 is 5.73 Å². The van der Waals surface area contributed by atoms with Crippen LogP contribution in [0.3, 0.4) is 0 Å². The van der Waals surface area contributed by atoms with E-state index in [-0.39, 0.29) is 17.8 Å². The maximum atomic E-state index is 15.0. The number of amidine groups is 1. The molecule has 0 spiro atoms. The third-order valence-electron chi connectivity index (χ3n) is 6.63. The standard InChI is InChI=1S/C24H29FN8O/c1-16-14-33(27-2)20(29-23(16)30-12-9-17(26)15-30)13-18-7-3-5-10-31(18)24(34)21-22(25)32-11-6-4-8-19(32)28-21/h4,6,8,11,13-14,17-18H,2-3,5,7,9-10,12,15,26H2,1H3/b20-13-/t17-,18?/m0/s1. The highest BCUT2D eigenvalue weighted by Crippen LogP contribution is 2.27. The van der Waals surface area contributed by atoms with Crippen molar-refractivity contribution in [3.63, 3.8) is 0 Å². The third-order valence-corrected chi connectivity index (χ3v) is 6.63. The lowest BCUT2D eigenvalue weighted by Crippen LogP contribution is -2.44. The molecular weight excluding hydrogens is 435 g/mol. The summed E-state index contributed by atoms with van der Waals surface area (Å²) < 4.78 is 16.3. The highest BCUT2D eigenvalue weighted by atomic mass is 19.1. The number of likely N-dealkylation sites (tertiary alicyclic amines) is 2. The van der Waals surface area contributed by atoms with Gasteiger partial charge >= 0.3 is 0 Å². The number of imidazole rings is 1. The van der Waals surface area contributed by atoms with Gasteiger partial charge in [-0.15, -0.1) is 0 Å². The number of fused-ring (bicyclic) bond motifs is 1. The summed E-state index contributed by atoms with van der Waals surface area (Å²) in [6.45, 7) is 7.79. The summed E-state index contributed by atoms with van der Waals surface area (Å²) >= 11 is 0. The van der Waals surface area contributed by atoms with Gasteiger partial charge in [-0.1, -0.05) is 6.07 Å². The predicted octanol–water partition coefficient (Wildman–Crippen LogP) is 2.58. The molecule has 3 aliphatic rings. The number of nitrogens with two attached hydrogens (primary N) is 1. The average Bonchev–Trinajstić information content (AvgIpc) is 3.43.